The number of hydrogen-bond acceptors (Lipinski definition) is 4. The maximum atomic E-state index is 12.6. The van der Waals surface area contributed by atoms with Gasteiger partial charge in [0.05, 0.1) is 23.9 Å². The van der Waals surface area contributed by atoms with E-state index in [-0.39, 0.29) is 18.4 Å². The van der Waals surface area contributed by atoms with Crippen LogP contribution in [0.1, 0.15) is 42.5 Å². The number of rotatable bonds is 3. The zero-order valence-electron chi connectivity index (χ0n) is 12.2. The summed E-state index contributed by atoms with van der Waals surface area (Å²) in [6.07, 6.45) is 5.20. The number of aryl methyl sites for hydroxylation is 1. The number of piperidine rings is 1. The van der Waals surface area contributed by atoms with E-state index >= 15 is 0 Å². The Bertz CT molecular complexity index is 609. The number of carbonyl (C=O) groups excluding carboxylic acids is 1. The van der Waals surface area contributed by atoms with Crippen molar-refractivity contribution < 1.29 is 9.32 Å². The Balaban J connectivity index is 1.76. The van der Waals surface area contributed by atoms with Crippen LogP contribution >= 0.6 is 0 Å². The van der Waals surface area contributed by atoms with Crippen molar-refractivity contribution in [2.24, 2.45) is 0 Å². The van der Waals surface area contributed by atoms with Crippen LogP contribution in [0.5, 0.6) is 0 Å². The van der Waals surface area contributed by atoms with Gasteiger partial charge in [-0.05, 0) is 38.3 Å². The number of likely N-dealkylation sites (tertiary alicyclic amines) is 1. The van der Waals surface area contributed by atoms with Crippen LogP contribution in [0, 0.1) is 6.92 Å². The largest absolute Gasteiger partial charge is 0.361 e. The molecule has 3 heterocycles. The standard InChI is InChI=1S/C16H19N3O2/c1-12-10-13(21-18-12)11-16(20)19-9-5-3-7-15(19)14-6-2-4-8-17-14/h2,4,6,8,10,15H,3,5,7,9,11H2,1H3/t15-/m1/s1. The predicted molar refractivity (Wildman–Crippen MR) is 77.5 cm³/mol. The molecule has 110 valence electrons. The van der Waals surface area contributed by atoms with Crippen LogP contribution in [0.15, 0.2) is 35.0 Å². The van der Waals surface area contributed by atoms with Crippen LogP contribution in [0.3, 0.4) is 0 Å². The molecule has 0 bridgehead atoms. The molecule has 0 aromatic carbocycles. The second-order valence-electron chi connectivity index (χ2n) is 5.46. The van der Waals surface area contributed by atoms with Crippen molar-refractivity contribution in [1.82, 2.24) is 15.0 Å². The summed E-state index contributed by atoms with van der Waals surface area (Å²) in [6.45, 7) is 2.64. The third-order valence-corrected chi connectivity index (χ3v) is 3.85. The Morgan fingerprint density at radius 2 is 2.33 bits per heavy atom. The predicted octanol–water partition coefficient (Wildman–Crippen LogP) is 2.67. The normalized spacial score (nSPS) is 18.7. The first-order valence-electron chi connectivity index (χ1n) is 7.36. The minimum atomic E-state index is 0.0801. The van der Waals surface area contributed by atoms with Crippen LogP contribution in [-0.2, 0) is 11.2 Å². The van der Waals surface area contributed by atoms with Gasteiger partial charge in [-0.25, -0.2) is 0 Å². The molecule has 0 N–H and O–H groups in total. The molecule has 21 heavy (non-hydrogen) atoms. The molecule has 1 fully saturated rings. The number of nitrogens with zero attached hydrogens (tertiary/aromatic N) is 3. The average Bonchev–Trinajstić information content (AvgIpc) is 2.93. The Morgan fingerprint density at radius 1 is 1.43 bits per heavy atom. The molecule has 1 aliphatic rings. The minimum absolute atomic E-state index is 0.0801. The van der Waals surface area contributed by atoms with Crippen LogP contribution in [0.4, 0.5) is 0 Å². The molecule has 2 aromatic heterocycles. The molecule has 0 radical (unpaired) electrons. The van der Waals surface area contributed by atoms with Crippen molar-refractivity contribution in [3.05, 3.63) is 47.6 Å². The van der Waals surface area contributed by atoms with Gasteiger partial charge in [-0.3, -0.25) is 9.78 Å². The summed E-state index contributed by atoms with van der Waals surface area (Å²) < 4.78 is 5.15. The van der Waals surface area contributed by atoms with E-state index in [9.17, 15) is 4.79 Å². The first kappa shape index (κ1) is 13.8. The molecule has 5 heteroatoms. The number of hydrogen-bond donors (Lipinski definition) is 0. The van der Waals surface area contributed by atoms with Gasteiger partial charge < -0.3 is 9.42 Å². The van der Waals surface area contributed by atoms with Gasteiger partial charge in [0.2, 0.25) is 5.91 Å². The van der Waals surface area contributed by atoms with E-state index in [1.807, 2.05) is 36.1 Å². The van der Waals surface area contributed by atoms with Gasteiger partial charge in [-0.15, -0.1) is 0 Å². The van der Waals surface area contributed by atoms with Crippen molar-refractivity contribution in [2.45, 2.75) is 38.6 Å². The lowest BCUT2D eigenvalue weighted by Gasteiger charge is -2.35. The zero-order chi connectivity index (χ0) is 14.7. The fourth-order valence-corrected chi connectivity index (χ4v) is 2.86. The molecule has 3 rings (SSSR count). The van der Waals surface area contributed by atoms with E-state index in [4.69, 9.17) is 4.52 Å². The Labute approximate surface area is 124 Å². The second kappa shape index (κ2) is 6.08. The van der Waals surface area contributed by atoms with E-state index < -0.39 is 0 Å². The van der Waals surface area contributed by atoms with Gasteiger partial charge in [0.15, 0.2) is 0 Å². The molecule has 0 unspecified atom stereocenters. The quantitative estimate of drug-likeness (QED) is 0.870. The summed E-state index contributed by atoms with van der Waals surface area (Å²) in [5, 5.41) is 3.83. The fourth-order valence-electron chi connectivity index (χ4n) is 2.86. The molecule has 1 aliphatic heterocycles. The second-order valence-corrected chi connectivity index (χ2v) is 5.46. The highest BCUT2D eigenvalue weighted by Gasteiger charge is 2.29. The summed E-state index contributed by atoms with van der Waals surface area (Å²) in [7, 11) is 0. The lowest BCUT2D eigenvalue weighted by molar-refractivity contribution is -0.134. The van der Waals surface area contributed by atoms with E-state index in [0.29, 0.717) is 5.76 Å². The Hall–Kier alpha value is -2.17. The van der Waals surface area contributed by atoms with Crippen molar-refractivity contribution in [3.8, 4) is 0 Å². The first-order chi connectivity index (χ1) is 10.2. The highest BCUT2D eigenvalue weighted by molar-refractivity contribution is 5.78. The van der Waals surface area contributed by atoms with Crippen molar-refractivity contribution in [3.63, 3.8) is 0 Å². The summed E-state index contributed by atoms with van der Waals surface area (Å²) in [4.78, 5) is 18.9. The SMILES string of the molecule is Cc1cc(CC(=O)N2CCCC[C@@H]2c2ccccn2)on1. The maximum Gasteiger partial charge on any atom is 0.230 e. The molecule has 0 saturated carbocycles. The third kappa shape index (κ3) is 3.12. The fraction of sp³-hybridized carbons (Fsp3) is 0.438. The van der Waals surface area contributed by atoms with Crippen LogP contribution in [-0.4, -0.2) is 27.5 Å². The summed E-state index contributed by atoms with van der Waals surface area (Å²) >= 11 is 0. The highest BCUT2D eigenvalue weighted by atomic mass is 16.5. The van der Waals surface area contributed by atoms with Crippen LogP contribution in [0.2, 0.25) is 0 Å². The van der Waals surface area contributed by atoms with E-state index in [1.165, 1.54) is 0 Å². The molecule has 0 spiro atoms. The number of carbonyl (C=O) groups is 1. The van der Waals surface area contributed by atoms with E-state index in [1.54, 1.807) is 6.20 Å². The van der Waals surface area contributed by atoms with Gasteiger partial charge in [0, 0.05) is 18.8 Å². The lowest BCUT2D eigenvalue weighted by Crippen LogP contribution is -2.39. The Kier molecular flexibility index (Phi) is 3.99. The smallest absolute Gasteiger partial charge is 0.230 e. The topological polar surface area (TPSA) is 59.2 Å². The van der Waals surface area contributed by atoms with Crippen LogP contribution in [0.25, 0.3) is 0 Å². The maximum absolute atomic E-state index is 12.6. The third-order valence-electron chi connectivity index (χ3n) is 3.85. The summed E-state index contributed by atoms with van der Waals surface area (Å²) in [6, 6.07) is 7.76. The molecule has 1 amide bonds. The lowest BCUT2D eigenvalue weighted by atomic mass is 9.98. The van der Waals surface area contributed by atoms with Crippen molar-refractivity contribution in [2.75, 3.05) is 6.54 Å². The minimum Gasteiger partial charge on any atom is -0.361 e. The zero-order valence-corrected chi connectivity index (χ0v) is 12.2. The molecule has 1 saturated heterocycles. The van der Waals surface area contributed by atoms with Gasteiger partial charge in [-0.1, -0.05) is 11.2 Å². The summed E-state index contributed by atoms with van der Waals surface area (Å²) in [5.74, 6) is 0.712. The van der Waals surface area contributed by atoms with E-state index in [2.05, 4.69) is 10.1 Å². The molecule has 0 aliphatic carbocycles. The molecular weight excluding hydrogens is 266 g/mol. The van der Waals surface area contributed by atoms with Gasteiger partial charge in [0.25, 0.3) is 0 Å². The number of aromatic nitrogens is 2. The number of pyridine rings is 1. The summed E-state index contributed by atoms with van der Waals surface area (Å²) in [5.41, 5.74) is 1.78. The number of amides is 1. The van der Waals surface area contributed by atoms with Crippen molar-refractivity contribution >= 4 is 5.91 Å². The van der Waals surface area contributed by atoms with Gasteiger partial charge in [0.1, 0.15) is 5.76 Å². The average molecular weight is 285 g/mol. The Morgan fingerprint density at radius 3 is 3.05 bits per heavy atom. The molecule has 5 nitrogen and oxygen atoms in total. The molecule has 2 aromatic rings. The van der Waals surface area contributed by atoms with Gasteiger partial charge in [-0.2, -0.15) is 0 Å². The molecule has 1 atom stereocenters. The van der Waals surface area contributed by atoms with Crippen molar-refractivity contribution in [1.29, 1.82) is 0 Å². The highest BCUT2D eigenvalue weighted by Crippen LogP contribution is 2.30. The van der Waals surface area contributed by atoms with Gasteiger partial charge >= 0.3 is 0 Å². The van der Waals surface area contributed by atoms with E-state index in [0.717, 1.165) is 37.2 Å². The molecular formula is C16H19N3O2. The van der Waals surface area contributed by atoms with Crippen LogP contribution < -0.4 is 0 Å². The monoisotopic (exact) mass is 285 g/mol. The first-order valence-corrected chi connectivity index (χ1v) is 7.36.